The van der Waals surface area contributed by atoms with Crippen LogP contribution in [0.15, 0.2) is 72.0 Å². The van der Waals surface area contributed by atoms with Gasteiger partial charge in [-0.25, -0.2) is 9.98 Å². The lowest BCUT2D eigenvalue weighted by molar-refractivity contribution is -0.199. The number of morpholine rings is 1. The third-order valence-electron chi connectivity index (χ3n) is 7.66. The Bertz CT molecular complexity index is 1560. The number of nitrogens with two attached hydrogens (primary N) is 1. The molecule has 0 saturated carbocycles. The number of aliphatic hydroxyl groups is 1. The number of alkyl halides is 3. The number of ether oxygens (including phenoxy) is 1. The van der Waals surface area contributed by atoms with Gasteiger partial charge in [0.15, 0.2) is 23.5 Å². The van der Waals surface area contributed by atoms with Crippen molar-refractivity contribution >= 4 is 29.6 Å². The molecule has 4 heterocycles. The number of amides is 1. The van der Waals surface area contributed by atoms with Crippen LogP contribution in [0.3, 0.4) is 0 Å². The maximum atomic E-state index is 13.6. The van der Waals surface area contributed by atoms with Crippen molar-refractivity contribution < 1.29 is 37.4 Å². The Morgan fingerprint density at radius 2 is 1.71 bits per heavy atom. The van der Waals surface area contributed by atoms with Gasteiger partial charge in [0.1, 0.15) is 23.4 Å². The highest BCUT2D eigenvalue weighted by atomic mass is 19.4. The molecule has 3 aromatic rings. The molecule has 2 fully saturated rings. The van der Waals surface area contributed by atoms with Crippen molar-refractivity contribution in [2.24, 2.45) is 10.7 Å². The van der Waals surface area contributed by atoms with Crippen LogP contribution >= 0.6 is 0 Å². The fraction of sp³-hybridized carbons (Fsp3) is 0.296. The van der Waals surface area contributed by atoms with Crippen LogP contribution in [-0.4, -0.2) is 73.8 Å². The molecule has 3 aliphatic heterocycles. The van der Waals surface area contributed by atoms with Gasteiger partial charge in [-0.1, -0.05) is 60.7 Å². The van der Waals surface area contributed by atoms with Gasteiger partial charge >= 0.3 is 12.1 Å². The number of Topliss-reactive ketones (excluding diaryl/α,β-unsaturated/α-hetero) is 2. The number of hydrogen-bond donors (Lipinski definition) is 3. The molecule has 11 nitrogen and oxygen atoms in total. The van der Waals surface area contributed by atoms with E-state index < -0.39 is 66.3 Å². The Balaban J connectivity index is 1.39. The normalized spacial score (nSPS) is 28.3. The SMILES string of the molecule is NC1(C(=O)c2ccccc2)NC=Nc2c1ncn2[C@@H]1O[C@@]2(CC(=O)c3ccccc3)CN(C(=O)C(F)(F)F)[C@H]1[C@H]2O. The predicted molar refractivity (Wildman–Crippen MR) is 136 cm³/mol. The summed E-state index contributed by atoms with van der Waals surface area (Å²) in [7, 11) is 0. The fourth-order valence-electron chi connectivity index (χ4n) is 5.69. The molecule has 212 valence electrons. The summed E-state index contributed by atoms with van der Waals surface area (Å²) in [5.74, 6) is -3.25. The van der Waals surface area contributed by atoms with Gasteiger partial charge in [0.25, 0.3) is 0 Å². The lowest BCUT2D eigenvalue weighted by Crippen LogP contribution is -2.57. The predicted octanol–water partition coefficient (Wildman–Crippen LogP) is 1.82. The first kappa shape index (κ1) is 26.8. The van der Waals surface area contributed by atoms with E-state index in [0.717, 1.165) is 12.7 Å². The number of ketones is 2. The van der Waals surface area contributed by atoms with Crippen molar-refractivity contribution in [1.29, 1.82) is 0 Å². The van der Waals surface area contributed by atoms with Gasteiger partial charge in [-0.15, -0.1) is 0 Å². The van der Waals surface area contributed by atoms with Crippen LogP contribution in [0.25, 0.3) is 0 Å². The Hall–Kier alpha value is -4.40. The summed E-state index contributed by atoms with van der Waals surface area (Å²) < 4.78 is 48.2. The molecule has 1 aromatic heterocycles. The minimum Gasteiger partial charge on any atom is -0.388 e. The Labute approximate surface area is 230 Å². The number of nitrogens with zero attached hydrogens (tertiary/aromatic N) is 4. The number of likely N-dealkylation sites (tertiary alicyclic amines) is 1. The zero-order chi connectivity index (χ0) is 29.2. The largest absolute Gasteiger partial charge is 0.471 e. The molecule has 0 spiro atoms. The average molecular weight is 569 g/mol. The van der Waals surface area contributed by atoms with Crippen molar-refractivity contribution in [1.82, 2.24) is 19.8 Å². The number of fused-ring (bicyclic) bond motifs is 3. The number of aromatic nitrogens is 2. The van der Waals surface area contributed by atoms with E-state index in [0.29, 0.717) is 4.90 Å². The molecule has 1 unspecified atom stereocenters. The number of halogens is 3. The first-order chi connectivity index (χ1) is 19.5. The molecule has 1 amide bonds. The van der Waals surface area contributed by atoms with E-state index in [2.05, 4.69) is 15.3 Å². The third kappa shape index (κ3) is 4.13. The molecule has 2 bridgehead atoms. The van der Waals surface area contributed by atoms with Gasteiger partial charge < -0.3 is 20.1 Å². The summed E-state index contributed by atoms with van der Waals surface area (Å²) in [6.45, 7) is -0.665. The highest BCUT2D eigenvalue weighted by molar-refractivity contribution is 6.05. The molecule has 5 atom stereocenters. The number of rotatable bonds is 6. The average Bonchev–Trinajstić information content (AvgIpc) is 3.60. The molecule has 0 aliphatic carbocycles. The zero-order valence-corrected chi connectivity index (χ0v) is 21.2. The quantitative estimate of drug-likeness (QED) is 0.381. The van der Waals surface area contributed by atoms with E-state index in [1.165, 1.54) is 16.7 Å². The molecular formula is C27H23F3N6O5. The van der Waals surface area contributed by atoms with Crippen molar-refractivity contribution in [3.8, 4) is 0 Å². The third-order valence-corrected chi connectivity index (χ3v) is 7.66. The summed E-state index contributed by atoms with van der Waals surface area (Å²) in [4.78, 5) is 47.9. The lowest BCUT2D eigenvalue weighted by atomic mass is 9.90. The van der Waals surface area contributed by atoms with Crippen LogP contribution in [0.5, 0.6) is 0 Å². The van der Waals surface area contributed by atoms with Crippen LogP contribution < -0.4 is 11.1 Å². The number of imidazole rings is 1. The van der Waals surface area contributed by atoms with E-state index in [1.54, 1.807) is 48.5 Å². The highest BCUT2D eigenvalue weighted by Crippen LogP contribution is 2.51. The smallest absolute Gasteiger partial charge is 0.388 e. The van der Waals surface area contributed by atoms with Crippen LogP contribution in [0.2, 0.25) is 0 Å². The molecule has 4 N–H and O–H groups in total. The first-order valence-electron chi connectivity index (χ1n) is 12.5. The van der Waals surface area contributed by atoms with Crippen LogP contribution in [-0.2, 0) is 15.2 Å². The van der Waals surface area contributed by atoms with E-state index in [-0.39, 0.29) is 22.6 Å². The molecule has 41 heavy (non-hydrogen) atoms. The van der Waals surface area contributed by atoms with Gasteiger partial charge in [0.05, 0.1) is 19.2 Å². The molecule has 2 aromatic carbocycles. The number of hydrogen-bond acceptors (Lipinski definition) is 9. The summed E-state index contributed by atoms with van der Waals surface area (Å²) >= 11 is 0. The number of carbonyl (C=O) groups excluding carboxylic acids is 3. The van der Waals surface area contributed by atoms with Crippen molar-refractivity contribution in [2.75, 3.05) is 6.54 Å². The van der Waals surface area contributed by atoms with E-state index in [4.69, 9.17) is 10.5 Å². The van der Waals surface area contributed by atoms with E-state index in [9.17, 15) is 32.7 Å². The molecule has 0 radical (unpaired) electrons. The van der Waals surface area contributed by atoms with Crippen LogP contribution in [0.1, 0.15) is 39.1 Å². The second-order valence-corrected chi connectivity index (χ2v) is 10.1. The molecule has 6 rings (SSSR count). The van der Waals surface area contributed by atoms with Gasteiger partial charge in [-0.3, -0.25) is 24.7 Å². The fourth-order valence-corrected chi connectivity index (χ4v) is 5.69. The summed E-state index contributed by atoms with van der Waals surface area (Å²) in [5, 5.41) is 14.0. The Morgan fingerprint density at radius 1 is 1.07 bits per heavy atom. The van der Waals surface area contributed by atoms with Crippen molar-refractivity contribution in [2.45, 2.75) is 42.2 Å². The number of nitrogens with one attached hydrogen (secondary N) is 1. The lowest BCUT2D eigenvalue weighted by Gasteiger charge is -2.38. The zero-order valence-electron chi connectivity index (χ0n) is 21.2. The number of aliphatic hydroxyl groups excluding tert-OH is 1. The van der Waals surface area contributed by atoms with Gasteiger partial charge in [-0.2, -0.15) is 13.2 Å². The standard InChI is InChI=1S/C27H23F3N6O5/c28-27(29,30)24(40)35-12-25(11-17(37)15-7-3-1-4-8-15)21(39)18(35)23(41-25)36-14-33-19-22(36)32-13-34-26(19,31)20(38)16-9-5-2-6-10-16/h1-10,13-14,18,21,23,39H,11-12,31H2,(H,32,34)/t18-,21+,23+,25-,26?/m0/s1. The monoisotopic (exact) mass is 568 g/mol. The molecule has 2 saturated heterocycles. The topological polar surface area (TPSA) is 152 Å². The molecule has 14 heteroatoms. The number of aliphatic imine (C=N–C) groups is 1. The minimum absolute atomic E-state index is 0.0239. The molecular weight excluding hydrogens is 545 g/mol. The van der Waals surface area contributed by atoms with Gasteiger partial charge in [0.2, 0.25) is 5.78 Å². The summed E-state index contributed by atoms with van der Waals surface area (Å²) in [5.41, 5.74) is 3.23. The number of benzene rings is 2. The van der Waals surface area contributed by atoms with Gasteiger partial charge in [-0.05, 0) is 0 Å². The second kappa shape index (κ2) is 9.33. The second-order valence-electron chi connectivity index (χ2n) is 10.1. The van der Waals surface area contributed by atoms with E-state index in [1.807, 2.05) is 0 Å². The van der Waals surface area contributed by atoms with Crippen LogP contribution in [0.4, 0.5) is 19.0 Å². The van der Waals surface area contributed by atoms with Crippen molar-refractivity contribution in [3.05, 3.63) is 83.8 Å². The highest BCUT2D eigenvalue weighted by Gasteiger charge is 2.68. The Kier molecular flexibility index (Phi) is 6.10. The minimum atomic E-state index is -5.25. The van der Waals surface area contributed by atoms with Crippen molar-refractivity contribution in [3.63, 3.8) is 0 Å². The van der Waals surface area contributed by atoms with Gasteiger partial charge in [0, 0.05) is 17.5 Å². The maximum absolute atomic E-state index is 13.6. The Morgan fingerprint density at radius 3 is 2.34 bits per heavy atom. The number of carbonyl (C=O) groups is 3. The van der Waals surface area contributed by atoms with Crippen LogP contribution in [0, 0.1) is 0 Å². The first-order valence-corrected chi connectivity index (χ1v) is 12.5. The van der Waals surface area contributed by atoms with E-state index >= 15 is 0 Å². The summed E-state index contributed by atoms with van der Waals surface area (Å²) in [6.07, 6.45) is -6.53. The molecule has 3 aliphatic rings. The summed E-state index contributed by atoms with van der Waals surface area (Å²) in [6, 6.07) is 14.6. The maximum Gasteiger partial charge on any atom is 0.471 e.